The van der Waals surface area contributed by atoms with Crippen molar-refractivity contribution in [1.82, 2.24) is 0 Å². The molecule has 2 rings (SSSR count). The van der Waals surface area contributed by atoms with Gasteiger partial charge in [0.15, 0.2) is 0 Å². The highest BCUT2D eigenvalue weighted by Crippen LogP contribution is 2.29. The van der Waals surface area contributed by atoms with Crippen LogP contribution >= 0.6 is 0 Å². The van der Waals surface area contributed by atoms with Crippen LogP contribution < -0.4 is 5.73 Å². The molecule has 3 nitrogen and oxygen atoms in total. The van der Waals surface area contributed by atoms with Crippen molar-refractivity contribution in [3.63, 3.8) is 0 Å². The molecule has 0 amide bonds. The molecule has 1 aromatic heterocycles. The molecule has 1 aliphatic rings. The van der Waals surface area contributed by atoms with Crippen LogP contribution in [0.4, 0.5) is 0 Å². The summed E-state index contributed by atoms with van der Waals surface area (Å²) in [5.41, 5.74) is 6.19. The summed E-state index contributed by atoms with van der Waals surface area (Å²) in [6.07, 6.45) is 3.02. The van der Waals surface area contributed by atoms with E-state index in [4.69, 9.17) is 14.9 Å². The first-order valence-electron chi connectivity index (χ1n) is 5.73. The first-order valence-corrected chi connectivity index (χ1v) is 5.73. The Morgan fingerprint density at radius 3 is 2.73 bits per heavy atom. The van der Waals surface area contributed by atoms with Gasteiger partial charge in [-0.25, -0.2) is 0 Å². The van der Waals surface area contributed by atoms with E-state index in [0.29, 0.717) is 5.92 Å². The number of hydrogen-bond acceptors (Lipinski definition) is 3. The maximum atomic E-state index is 6.19. The van der Waals surface area contributed by atoms with E-state index in [2.05, 4.69) is 6.92 Å². The van der Waals surface area contributed by atoms with Crippen LogP contribution in [0.3, 0.4) is 0 Å². The average Bonchev–Trinajstić information content (AvgIpc) is 2.78. The minimum absolute atomic E-state index is 0.0363. The fourth-order valence-electron chi connectivity index (χ4n) is 2.07. The second-order valence-electron chi connectivity index (χ2n) is 4.13. The molecule has 0 spiro atoms. The summed E-state index contributed by atoms with van der Waals surface area (Å²) in [5, 5.41) is 0. The van der Waals surface area contributed by atoms with Crippen molar-refractivity contribution in [2.24, 2.45) is 11.7 Å². The molecule has 1 saturated heterocycles. The fraction of sp³-hybridized carbons (Fsp3) is 0.667. The summed E-state index contributed by atoms with van der Waals surface area (Å²) < 4.78 is 11.0. The number of hydrogen-bond donors (Lipinski definition) is 1. The smallest absolute Gasteiger partial charge is 0.121 e. The predicted molar refractivity (Wildman–Crippen MR) is 58.6 cm³/mol. The van der Waals surface area contributed by atoms with Gasteiger partial charge in [0.05, 0.1) is 6.04 Å². The molecule has 2 N–H and O–H groups in total. The maximum Gasteiger partial charge on any atom is 0.121 e. The van der Waals surface area contributed by atoms with Crippen molar-refractivity contribution in [2.75, 3.05) is 13.2 Å². The highest BCUT2D eigenvalue weighted by Gasteiger charge is 2.24. The van der Waals surface area contributed by atoms with Crippen LogP contribution in [0.2, 0.25) is 0 Å². The summed E-state index contributed by atoms with van der Waals surface area (Å²) in [4.78, 5) is 0. The van der Waals surface area contributed by atoms with E-state index in [-0.39, 0.29) is 6.04 Å². The van der Waals surface area contributed by atoms with E-state index in [1.165, 1.54) is 0 Å². The number of ether oxygens (including phenoxy) is 1. The second kappa shape index (κ2) is 4.81. The normalized spacial score (nSPS) is 20.4. The van der Waals surface area contributed by atoms with Gasteiger partial charge in [-0.3, -0.25) is 0 Å². The van der Waals surface area contributed by atoms with Gasteiger partial charge in [-0.2, -0.15) is 0 Å². The van der Waals surface area contributed by atoms with Crippen LogP contribution in [0, 0.1) is 5.92 Å². The van der Waals surface area contributed by atoms with Crippen LogP contribution in [-0.4, -0.2) is 13.2 Å². The topological polar surface area (TPSA) is 48.4 Å². The molecule has 0 saturated carbocycles. The number of rotatable bonds is 3. The van der Waals surface area contributed by atoms with Crippen LogP contribution in [0.25, 0.3) is 0 Å². The molecule has 0 bridgehead atoms. The van der Waals surface area contributed by atoms with Gasteiger partial charge in [-0.15, -0.1) is 0 Å². The van der Waals surface area contributed by atoms with Crippen molar-refractivity contribution >= 4 is 0 Å². The van der Waals surface area contributed by atoms with Crippen molar-refractivity contribution in [3.05, 3.63) is 23.7 Å². The van der Waals surface area contributed by atoms with Gasteiger partial charge in [-0.1, -0.05) is 6.92 Å². The van der Waals surface area contributed by atoms with Crippen LogP contribution in [-0.2, 0) is 11.2 Å². The molecule has 84 valence electrons. The summed E-state index contributed by atoms with van der Waals surface area (Å²) >= 11 is 0. The number of nitrogens with two attached hydrogens (primary N) is 1. The Kier molecular flexibility index (Phi) is 3.44. The molecule has 1 unspecified atom stereocenters. The standard InChI is InChI=1S/C12H19NO2/c1-2-10-3-4-11(15-10)12(13)9-5-7-14-8-6-9/h3-4,9,12H,2,5-8,13H2,1H3. The minimum Gasteiger partial charge on any atom is -0.464 e. The Morgan fingerprint density at radius 2 is 2.13 bits per heavy atom. The molecule has 0 aliphatic carbocycles. The lowest BCUT2D eigenvalue weighted by molar-refractivity contribution is 0.0559. The second-order valence-corrected chi connectivity index (χ2v) is 4.13. The van der Waals surface area contributed by atoms with Gasteiger partial charge in [0.1, 0.15) is 11.5 Å². The molecule has 1 atom stereocenters. The molecule has 15 heavy (non-hydrogen) atoms. The van der Waals surface area contributed by atoms with Crippen molar-refractivity contribution < 1.29 is 9.15 Å². The molecule has 3 heteroatoms. The average molecular weight is 209 g/mol. The predicted octanol–water partition coefficient (Wildman–Crippen LogP) is 2.27. The zero-order valence-corrected chi connectivity index (χ0v) is 9.24. The van der Waals surface area contributed by atoms with E-state index in [0.717, 1.165) is 44.0 Å². The highest BCUT2D eigenvalue weighted by molar-refractivity contribution is 5.11. The third-order valence-electron chi connectivity index (χ3n) is 3.13. The number of furan rings is 1. The van der Waals surface area contributed by atoms with E-state index in [1.807, 2.05) is 12.1 Å². The summed E-state index contributed by atoms with van der Waals surface area (Å²) in [6.45, 7) is 3.75. The maximum absolute atomic E-state index is 6.19. The Bertz CT molecular complexity index is 302. The first-order chi connectivity index (χ1) is 7.31. The van der Waals surface area contributed by atoms with Gasteiger partial charge in [0.2, 0.25) is 0 Å². The van der Waals surface area contributed by atoms with Gasteiger partial charge in [0.25, 0.3) is 0 Å². The third-order valence-corrected chi connectivity index (χ3v) is 3.13. The Balaban J connectivity index is 2.02. The molecular weight excluding hydrogens is 190 g/mol. The van der Waals surface area contributed by atoms with E-state index in [9.17, 15) is 0 Å². The molecule has 0 radical (unpaired) electrons. The molecular formula is C12H19NO2. The number of aryl methyl sites for hydroxylation is 1. The highest BCUT2D eigenvalue weighted by atomic mass is 16.5. The Morgan fingerprint density at radius 1 is 1.40 bits per heavy atom. The monoisotopic (exact) mass is 209 g/mol. The molecule has 1 fully saturated rings. The van der Waals surface area contributed by atoms with E-state index >= 15 is 0 Å². The summed E-state index contributed by atoms with van der Waals surface area (Å²) in [7, 11) is 0. The molecule has 1 aliphatic heterocycles. The Hall–Kier alpha value is -0.800. The van der Waals surface area contributed by atoms with Gasteiger partial charge < -0.3 is 14.9 Å². The zero-order chi connectivity index (χ0) is 10.7. The van der Waals surface area contributed by atoms with Crippen molar-refractivity contribution in [1.29, 1.82) is 0 Å². The lowest BCUT2D eigenvalue weighted by Crippen LogP contribution is -2.27. The zero-order valence-electron chi connectivity index (χ0n) is 9.24. The first kappa shape index (κ1) is 10.7. The summed E-state index contributed by atoms with van der Waals surface area (Å²) in [6, 6.07) is 4.07. The fourth-order valence-corrected chi connectivity index (χ4v) is 2.07. The lowest BCUT2D eigenvalue weighted by atomic mass is 9.91. The van der Waals surface area contributed by atoms with Crippen LogP contribution in [0.15, 0.2) is 16.5 Å². The third kappa shape index (κ3) is 2.41. The molecule has 1 aromatic rings. The van der Waals surface area contributed by atoms with E-state index < -0.39 is 0 Å². The lowest BCUT2D eigenvalue weighted by Gasteiger charge is -2.26. The largest absolute Gasteiger partial charge is 0.464 e. The Labute approximate surface area is 90.6 Å². The molecule has 0 aromatic carbocycles. The van der Waals surface area contributed by atoms with Gasteiger partial charge >= 0.3 is 0 Å². The minimum atomic E-state index is 0.0363. The van der Waals surface area contributed by atoms with Crippen LogP contribution in [0.5, 0.6) is 0 Å². The van der Waals surface area contributed by atoms with Gasteiger partial charge in [0, 0.05) is 19.6 Å². The SMILES string of the molecule is CCc1ccc(C(N)C2CCOCC2)o1. The van der Waals surface area contributed by atoms with E-state index in [1.54, 1.807) is 0 Å². The summed E-state index contributed by atoms with van der Waals surface area (Å²) in [5.74, 6) is 2.46. The van der Waals surface area contributed by atoms with Crippen molar-refractivity contribution in [3.8, 4) is 0 Å². The quantitative estimate of drug-likeness (QED) is 0.830. The van der Waals surface area contributed by atoms with Gasteiger partial charge in [-0.05, 0) is 30.9 Å². The van der Waals surface area contributed by atoms with Crippen LogP contribution in [0.1, 0.15) is 37.3 Å². The van der Waals surface area contributed by atoms with Crippen molar-refractivity contribution in [2.45, 2.75) is 32.2 Å². The molecule has 2 heterocycles.